The summed E-state index contributed by atoms with van der Waals surface area (Å²) in [5.41, 5.74) is 7.98. The van der Waals surface area contributed by atoms with Crippen LogP contribution in [0.3, 0.4) is 0 Å². The van der Waals surface area contributed by atoms with Crippen LogP contribution in [0.15, 0.2) is 65.3 Å². The normalized spacial score (nSPS) is 10.4. The number of pyridine rings is 1. The van der Waals surface area contributed by atoms with Crippen molar-refractivity contribution in [3.05, 3.63) is 87.7 Å². The number of rotatable bonds is 7. The Balaban J connectivity index is 1.59. The van der Waals surface area contributed by atoms with Gasteiger partial charge in [0.2, 0.25) is 0 Å². The van der Waals surface area contributed by atoms with E-state index >= 15 is 0 Å². The summed E-state index contributed by atoms with van der Waals surface area (Å²) in [4.78, 5) is 27.5. The van der Waals surface area contributed by atoms with Gasteiger partial charge in [-0.25, -0.2) is 0 Å². The Kier molecular flexibility index (Phi) is 6.61. The lowest BCUT2D eigenvalue weighted by molar-refractivity contribution is 0.0952. The van der Waals surface area contributed by atoms with E-state index in [1.807, 2.05) is 43.3 Å². The highest BCUT2D eigenvalue weighted by atomic mass is 79.9. The molecule has 3 aromatic rings. The Morgan fingerprint density at radius 2 is 1.90 bits per heavy atom. The molecule has 1 aromatic heterocycles. The highest BCUT2D eigenvalue weighted by molar-refractivity contribution is 9.10. The topological polar surface area (TPSA) is 94.3 Å². The third kappa shape index (κ3) is 5.65. The number of halogens is 1. The molecule has 0 fully saturated rings. The number of primary amides is 1. The minimum atomic E-state index is -0.610. The van der Waals surface area contributed by atoms with Crippen LogP contribution in [0.1, 0.15) is 32.0 Å². The number of nitrogens with zero attached hydrogens (tertiary/aromatic N) is 1. The zero-order chi connectivity index (χ0) is 20.8. The van der Waals surface area contributed by atoms with Crippen molar-refractivity contribution in [1.29, 1.82) is 0 Å². The van der Waals surface area contributed by atoms with Crippen LogP contribution in [0.4, 0.5) is 0 Å². The number of hydrogen-bond donors (Lipinski definition) is 2. The summed E-state index contributed by atoms with van der Waals surface area (Å²) < 4.78 is 6.74. The quantitative estimate of drug-likeness (QED) is 0.564. The largest absolute Gasteiger partial charge is 0.457 e. The second kappa shape index (κ2) is 9.34. The van der Waals surface area contributed by atoms with Crippen LogP contribution in [0.5, 0.6) is 11.5 Å². The number of nitrogens with one attached hydrogen (secondary N) is 1. The number of ether oxygens (including phenoxy) is 1. The summed E-state index contributed by atoms with van der Waals surface area (Å²) in [7, 11) is 0. The van der Waals surface area contributed by atoms with Gasteiger partial charge in [-0.2, -0.15) is 0 Å². The van der Waals surface area contributed by atoms with Crippen molar-refractivity contribution in [2.24, 2.45) is 5.73 Å². The molecule has 6 nitrogen and oxygen atoms in total. The highest BCUT2D eigenvalue weighted by Crippen LogP contribution is 2.22. The van der Waals surface area contributed by atoms with Gasteiger partial charge in [0.05, 0.1) is 0 Å². The number of nitrogens with two attached hydrogens (primary N) is 1. The van der Waals surface area contributed by atoms with Gasteiger partial charge in [-0.3, -0.25) is 14.6 Å². The van der Waals surface area contributed by atoms with Gasteiger partial charge in [0.25, 0.3) is 11.8 Å². The number of aromatic nitrogens is 1. The molecule has 0 radical (unpaired) electrons. The molecule has 0 aliphatic rings. The monoisotopic (exact) mass is 453 g/mol. The van der Waals surface area contributed by atoms with Gasteiger partial charge in [-0.1, -0.05) is 28.1 Å². The number of hydrogen-bond acceptors (Lipinski definition) is 4. The van der Waals surface area contributed by atoms with Gasteiger partial charge in [-0.15, -0.1) is 0 Å². The molecule has 0 atom stereocenters. The average Bonchev–Trinajstić information content (AvgIpc) is 2.68. The number of aryl methyl sites for hydroxylation is 1. The standard InChI is InChI=1S/C22H20BrN3O3/c1-14-11-16(23)5-6-19(14)22(28)26-9-7-15-3-2-4-17(12-15)29-18-8-10-25-20(13-18)21(24)27/h2-6,8,10-13H,7,9H2,1H3,(H2,24,27)(H,26,28). The summed E-state index contributed by atoms with van der Waals surface area (Å²) >= 11 is 3.40. The van der Waals surface area contributed by atoms with Crippen molar-refractivity contribution in [3.63, 3.8) is 0 Å². The van der Waals surface area contributed by atoms with Crippen molar-refractivity contribution < 1.29 is 14.3 Å². The van der Waals surface area contributed by atoms with Gasteiger partial charge in [0.15, 0.2) is 0 Å². The smallest absolute Gasteiger partial charge is 0.267 e. The van der Waals surface area contributed by atoms with Crippen LogP contribution < -0.4 is 15.8 Å². The number of carbonyl (C=O) groups excluding carboxylic acids is 2. The lowest BCUT2D eigenvalue weighted by atomic mass is 10.1. The second-order valence-corrected chi connectivity index (χ2v) is 7.37. The Morgan fingerprint density at radius 3 is 2.66 bits per heavy atom. The minimum absolute atomic E-state index is 0.0989. The van der Waals surface area contributed by atoms with E-state index in [4.69, 9.17) is 10.5 Å². The summed E-state index contributed by atoms with van der Waals surface area (Å²) in [6.45, 7) is 2.40. The Morgan fingerprint density at radius 1 is 1.10 bits per heavy atom. The lowest BCUT2D eigenvalue weighted by Gasteiger charge is -2.10. The van der Waals surface area contributed by atoms with Crippen LogP contribution >= 0.6 is 15.9 Å². The molecule has 0 unspecified atom stereocenters. The number of benzene rings is 2. The first-order valence-electron chi connectivity index (χ1n) is 8.99. The molecule has 29 heavy (non-hydrogen) atoms. The third-order valence-corrected chi connectivity index (χ3v) is 4.74. The Labute approximate surface area is 177 Å². The van der Waals surface area contributed by atoms with E-state index < -0.39 is 5.91 Å². The maximum Gasteiger partial charge on any atom is 0.267 e. The van der Waals surface area contributed by atoms with Crippen LogP contribution in [0.25, 0.3) is 0 Å². The molecule has 0 saturated heterocycles. The molecule has 3 rings (SSSR count). The fourth-order valence-electron chi connectivity index (χ4n) is 2.81. The van der Waals surface area contributed by atoms with E-state index in [0.29, 0.717) is 30.0 Å². The summed E-state index contributed by atoms with van der Waals surface area (Å²) in [6, 6.07) is 16.3. The molecule has 3 N–H and O–H groups in total. The van der Waals surface area contributed by atoms with Crippen molar-refractivity contribution >= 4 is 27.7 Å². The van der Waals surface area contributed by atoms with Crippen molar-refractivity contribution in [1.82, 2.24) is 10.3 Å². The first-order chi connectivity index (χ1) is 13.9. The third-order valence-electron chi connectivity index (χ3n) is 4.25. The van der Waals surface area contributed by atoms with E-state index in [1.165, 1.54) is 12.3 Å². The van der Waals surface area contributed by atoms with E-state index in [-0.39, 0.29) is 11.6 Å². The summed E-state index contributed by atoms with van der Waals surface area (Å²) in [6.07, 6.45) is 2.13. The van der Waals surface area contributed by atoms with Crippen molar-refractivity contribution in [2.45, 2.75) is 13.3 Å². The minimum Gasteiger partial charge on any atom is -0.457 e. The van der Waals surface area contributed by atoms with E-state index in [9.17, 15) is 9.59 Å². The van der Waals surface area contributed by atoms with Crippen molar-refractivity contribution in [3.8, 4) is 11.5 Å². The average molecular weight is 454 g/mol. The predicted molar refractivity (Wildman–Crippen MR) is 114 cm³/mol. The first kappa shape index (κ1) is 20.5. The van der Waals surface area contributed by atoms with Gasteiger partial charge >= 0.3 is 0 Å². The molecule has 0 bridgehead atoms. The SMILES string of the molecule is Cc1cc(Br)ccc1C(=O)NCCc1cccc(Oc2ccnc(C(N)=O)c2)c1. The maximum absolute atomic E-state index is 12.4. The highest BCUT2D eigenvalue weighted by Gasteiger charge is 2.09. The molecule has 7 heteroatoms. The second-order valence-electron chi connectivity index (χ2n) is 6.46. The molecule has 1 heterocycles. The van der Waals surface area contributed by atoms with Crippen LogP contribution in [-0.4, -0.2) is 23.3 Å². The van der Waals surface area contributed by atoms with E-state index in [0.717, 1.165) is 15.6 Å². The van der Waals surface area contributed by atoms with Crippen LogP contribution in [-0.2, 0) is 6.42 Å². The Bertz CT molecular complexity index is 1050. The molecular weight excluding hydrogens is 434 g/mol. The molecule has 2 amide bonds. The fraction of sp³-hybridized carbons (Fsp3) is 0.136. The Hall–Kier alpha value is -3.19. The molecule has 0 saturated carbocycles. The molecule has 0 spiro atoms. The van der Waals surface area contributed by atoms with Gasteiger partial charge in [0, 0.05) is 28.8 Å². The van der Waals surface area contributed by atoms with Gasteiger partial charge < -0.3 is 15.8 Å². The molecular formula is C22H20BrN3O3. The zero-order valence-electron chi connectivity index (χ0n) is 15.8. The first-order valence-corrected chi connectivity index (χ1v) is 9.78. The molecule has 148 valence electrons. The predicted octanol–water partition coefficient (Wildman–Crippen LogP) is 4.02. The summed E-state index contributed by atoms with van der Waals surface area (Å²) in [5.74, 6) is 0.392. The van der Waals surface area contributed by atoms with E-state index in [2.05, 4.69) is 26.2 Å². The zero-order valence-corrected chi connectivity index (χ0v) is 17.4. The maximum atomic E-state index is 12.4. The number of amides is 2. The van der Waals surface area contributed by atoms with E-state index in [1.54, 1.807) is 12.1 Å². The van der Waals surface area contributed by atoms with Crippen LogP contribution in [0, 0.1) is 6.92 Å². The molecule has 2 aromatic carbocycles. The lowest BCUT2D eigenvalue weighted by Crippen LogP contribution is -2.26. The fourth-order valence-corrected chi connectivity index (χ4v) is 3.28. The van der Waals surface area contributed by atoms with Crippen LogP contribution in [0.2, 0.25) is 0 Å². The number of carbonyl (C=O) groups is 2. The van der Waals surface area contributed by atoms with Gasteiger partial charge in [-0.05, 0) is 60.9 Å². The van der Waals surface area contributed by atoms with Gasteiger partial charge in [0.1, 0.15) is 17.2 Å². The summed E-state index contributed by atoms with van der Waals surface area (Å²) in [5, 5.41) is 2.94. The molecule has 0 aliphatic carbocycles. The van der Waals surface area contributed by atoms with Crippen molar-refractivity contribution in [2.75, 3.05) is 6.54 Å². The molecule has 0 aliphatic heterocycles.